The van der Waals surface area contributed by atoms with E-state index in [9.17, 15) is 13.6 Å². The molecule has 4 rings (SSSR count). The molecule has 1 aliphatic rings. The number of fused-ring (bicyclic) bond motifs is 1. The molecule has 1 aromatic carbocycles. The first-order valence-corrected chi connectivity index (χ1v) is 8.90. The smallest absolute Gasteiger partial charge is 0.254 e. The van der Waals surface area contributed by atoms with Gasteiger partial charge in [-0.25, -0.2) is 9.37 Å². The van der Waals surface area contributed by atoms with E-state index in [1.165, 1.54) is 24.3 Å². The zero-order valence-electron chi connectivity index (χ0n) is 14.1. The Bertz CT molecular complexity index is 962. The van der Waals surface area contributed by atoms with Crippen LogP contribution in [0.3, 0.4) is 0 Å². The SMILES string of the molecule is Cc1nc(-c2nnc3n2CCN(C(=O)c2ccc(F)cc2)[C@@H]3C)sc1F. The second-order valence-corrected chi connectivity index (χ2v) is 7.04. The molecular weight excluding hydrogens is 360 g/mol. The van der Waals surface area contributed by atoms with Gasteiger partial charge in [-0.05, 0) is 38.1 Å². The van der Waals surface area contributed by atoms with Crippen molar-refractivity contribution in [1.29, 1.82) is 0 Å². The van der Waals surface area contributed by atoms with Crippen LogP contribution in [0.1, 0.15) is 34.8 Å². The summed E-state index contributed by atoms with van der Waals surface area (Å²) in [5, 5.41) is 8.49. The van der Waals surface area contributed by atoms with Gasteiger partial charge in [0, 0.05) is 18.7 Å². The van der Waals surface area contributed by atoms with Gasteiger partial charge >= 0.3 is 0 Å². The molecule has 3 heterocycles. The van der Waals surface area contributed by atoms with Crippen LogP contribution in [0.25, 0.3) is 10.8 Å². The molecule has 0 radical (unpaired) electrons. The number of carbonyl (C=O) groups excluding carboxylic acids is 1. The fraction of sp³-hybridized carbons (Fsp3) is 0.294. The van der Waals surface area contributed by atoms with Crippen LogP contribution in [0.2, 0.25) is 0 Å². The first-order chi connectivity index (χ1) is 12.5. The minimum absolute atomic E-state index is 0.190. The van der Waals surface area contributed by atoms with Crippen LogP contribution in [0.15, 0.2) is 24.3 Å². The molecular formula is C17H15F2N5OS. The molecule has 0 N–H and O–H groups in total. The van der Waals surface area contributed by atoms with Crippen LogP contribution in [0.5, 0.6) is 0 Å². The third kappa shape index (κ3) is 2.68. The molecule has 0 spiro atoms. The van der Waals surface area contributed by atoms with Crippen LogP contribution in [-0.2, 0) is 6.54 Å². The van der Waals surface area contributed by atoms with Gasteiger partial charge in [-0.1, -0.05) is 11.3 Å². The lowest BCUT2D eigenvalue weighted by Gasteiger charge is -2.33. The Labute approximate surface area is 152 Å². The molecule has 0 unspecified atom stereocenters. The molecule has 6 nitrogen and oxygen atoms in total. The standard InChI is InChI=1S/C17H15F2N5OS/c1-9-13(19)26-16(20-9)15-22-21-14-10(2)23(7-8-24(14)15)17(25)11-3-5-12(18)6-4-11/h3-6,10H,7-8H2,1-2H3/t10-/m1/s1. The normalized spacial score (nSPS) is 16.6. The Morgan fingerprint density at radius 1 is 1.19 bits per heavy atom. The quantitative estimate of drug-likeness (QED) is 0.690. The molecule has 1 atom stereocenters. The van der Waals surface area contributed by atoms with Gasteiger partial charge in [0.25, 0.3) is 5.91 Å². The van der Waals surface area contributed by atoms with Crippen molar-refractivity contribution in [2.45, 2.75) is 26.4 Å². The fourth-order valence-electron chi connectivity index (χ4n) is 3.05. The Kier molecular flexibility index (Phi) is 4.03. The molecule has 0 bridgehead atoms. The summed E-state index contributed by atoms with van der Waals surface area (Å²) in [5.74, 6) is 0.556. The predicted octanol–water partition coefficient (Wildman–Crippen LogP) is 3.21. The van der Waals surface area contributed by atoms with Crippen molar-refractivity contribution in [3.05, 3.63) is 52.3 Å². The molecule has 1 aliphatic heterocycles. The lowest BCUT2D eigenvalue weighted by atomic mass is 10.1. The van der Waals surface area contributed by atoms with E-state index >= 15 is 0 Å². The van der Waals surface area contributed by atoms with Crippen molar-refractivity contribution in [3.63, 3.8) is 0 Å². The second kappa shape index (κ2) is 6.24. The van der Waals surface area contributed by atoms with Crippen molar-refractivity contribution >= 4 is 17.2 Å². The summed E-state index contributed by atoms with van der Waals surface area (Å²) in [5.41, 5.74) is 0.753. The van der Waals surface area contributed by atoms with Gasteiger partial charge in [0.15, 0.2) is 21.8 Å². The number of aromatic nitrogens is 4. The van der Waals surface area contributed by atoms with Crippen molar-refractivity contribution in [3.8, 4) is 10.8 Å². The maximum atomic E-state index is 13.6. The van der Waals surface area contributed by atoms with Crippen LogP contribution in [0.4, 0.5) is 8.78 Å². The predicted molar refractivity (Wildman–Crippen MR) is 91.7 cm³/mol. The number of aryl methyl sites for hydroxylation is 1. The van der Waals surface area contributed by atoms with Gasteiger partial charge in [-0.15, -0.1) is 10.2 Å². The van der Waals surface area contributed by atoms with Gasteiger partial charge in [0.05, 0.1) is 11.7 Å². The highest BCUT2D eigenvalue weighted by atomic mass is 32.1. The summed E-state index contributed by atoms with van der Waals surface area (Å²) in [7, 11) is 0. The molecule has 26 heavy (non-hydrogen) atoms. The Morgan fingerprint density at radius 3 is 2.58 bits per heavy atom. The molecule has 0 saturated carbocycles. The second-order valence-electron chi connectivity index (χ2n) is 6.09. The topological polar surface area (TPSA) is 63.9 Å². The van der Waals surface area contributed by atoms with E-state index in [4.69, 9.17) is 0 Å². The lowest BCUT2D eigenvalue weighted by Crippen LogP contribution is -2.41. The zero-order valence-corrected chi connectivity index (χ0v) is 14.9. The number of benzene rings is 1. The van der Waals surface area contributed by atoms with E-state index < -0.39 is 0 Å². The Morgan fingerprint density at radius 2 is 1.92 bits per heavy atom. The molecule has 0 saturated heterocycles. The summed E-state index contributed by atoms with van der Waals surface area (Å²) in [6.07, 6.45) is 0. The summed E-state index contributed by atoms with van der Waals surface area (Å²) in [6.45, 7) is 4.39. The van der Waals surface area contributed by atoms with Gasteiger partial charge in [0.2, 0.25) is 0 Å². The van der Waals surface area contributed by atoms with Crippen molar-refractivity contribution in [2.75, 3.05) is 6.54 Å². The molecule has 0 aliphatic carbocycles. The summed E-state index contributed by atoms with van der Waals surface area (Å²) >= 11 is 0.934. The van der Waals surface area contributed by atoms with Gasteiger partial charge in [0.1, 0.15) is 5.82 Å². The van der Waals surface area contributed by atoms with Crippen LogP contribution in [0, 0.1) is 17.9 Å². The molecule has 134 valence electrons. The van der Waals surface area contributed by atoms with E-state index in [0.717, 1.165) is 11.3 Å². The molecule has 2 aromatic heterocycles. The van der Waals surface area contributed by atoms with Gasteiger partial charge in [-0.2, -0.15) is 4.39 Å². The number of nitrogens with zero attached hydrogens (tertiary/aromatic N) is 5. The molecule has 9 heteroatoms. The van der Waals surface area contributed by atoms with E-state index in [1.54, 1.807) is 11.8 Å². The summed E-state index contributed by atoms with van der Waals surface area (Å²) in [4.78, 5) is 18.6. The number of hydrogen-bond donors (Lipinski definition) is 0. The van der Waals surface area contributed by atoms with Gasteiger partial charge in [-0.3, -0.25) is 4.79 Å². The highest BCUT2D eigenvalue weighted by Crippen LogP contribution is 2.31. The first kappa shape index (κ1) is 16.8. The molecule has 0 fully saturated rings. The third-order valence-electron chi connectivity index (χ3n) is 4.47. The van der Waals surface area contributed by atoms with Crippen molar-refractivity contribution in [1.82, 2.24) is 24.6 Å². The van der Waals surface area contributed by atoms with Gasteiger partial charge < -0.3 is 9.47 Å². The number of hydrogen-bond acceptors (Lipinski definition) is 5. The highest BCUT2D eigenvalue weighted by Gasteiger charge is 2.32. The Hall–Kier alpha value is -2.68. The molecule has 1 amide bonds. The summed E-state index contributed by atoms with van der Waals surface area (Å²) in [6, 6.07) is 5.16. The van der Waals surface area contributed by atoms with Crippen LogP contribution >= 0.6 is 11.3 Å². The fourth-order valence-corrected chi connectivity index (χ4v) is 3.84. The number of rotatable bonds is 2. The van der Waals surface area contributed by atoms with Crippen LogP contribution < -0.4 is 0 Å². The van der Waals surface area contributed by atoms with Crippen molar-refractivity contribution in [2.24, 2.45) is 0 Å². The van der Waals surface area contributed by atoms with Crippen molar-refractivity contribution < 1.29 is 13.6 Å². The minimum atomic E-state index is -0.386. The zero-order chi connectivity index (χ0) is 18.4. The number of amides is 1. The highest BCUT2D eigenvalue weighted by molar-refractivity contribution is 7.13. The Balaban J connectivity index is 1.64. The number of halogens is 2. The lowest BCUT2D eigenvalue weighted by molar-refractivity contribution is 0.0638. The monoisotopic (exact) mass is 375 g/mol. The van der Waals surface area contributed by atoms with E-state index in [2.05, 4.69) is 15.2 Å². The first-order valence-electron chi connectivity index (χ1n) is 8.08. The van der Waals surface area contributed by atoms with E-state index in [0.29, 0.717) is 41.0 Å². The average Bonchev–Trinajstić information content (AvgIpc) is 3.19. The van der Waals surface area contributed by atoms with E-state index in [-0.39, 0.29) is 22.9 Å². The molecule has 3 aromatic rings. The number of thiazole rings is 1. The summed E-state index contributed by atoms with van der Waals surface area (Å²) < 4.78 is 28.6. The number of carbonyl (C=O) groups is 1. The average molecular weight is 375 g/mol. The maximum Gasteiger partial charge on any atom is 0.254 e. The minimum Gasteiger partial charge on any atom is -0.327 e. The van der Waals surface area contributed by atoms with E-state index in [1.807, 2.05) is 11.5 Å². The maximum absolute atomic E-state index is 13.6. The largest absolute Gasteiger partial charge is 0.327 e. The third-order valence-corrected chi connectivity index (χ3v) is 5.41. The van der Waals surface area contributed by atoms with Crippen LogP contribution in [-0.4, -0.2) is 37.1 Å².